The summed E-state index contributed by atoms with van der Waals surface area (Å²) in [5, 5.41) is 8.06. The molecule has 0 atom stereocenters. The standard InChI is InChI=1S/C6H12O2/c1-2-3-5-8-6-4-7/h4,6-7H,2-3,5H2,1H3. The van der Waals surface area contributed by atoms with Crippen molar-refractivity contribution in [1.29, 1.82) is 0 Å². The SMILES string of the molecule is CCCCOC=CO. The van der Waals surface area contributed by atoms with E-state index in [1.54, 1.807) is 0 Å². The number of aliphatic hydroxyl groups is 1. The molecule has 1 N–H and O–H groups in total. The quantitative estimate of drug-likeness (QED) is 0.448. The van der Waals surface area contributed by atoms with Crippen molar-refractivity contribution in [2.24, 2.45) is 0 Å². The van der Waals surface area contributed by atoms with E-state index >= 15 is 0 Å². The third-order valence-electron chi connectivity index (χ3n) is 0.773. The molecule has 0 spiro atoms. The minimum Gasteiger partial charge on any atom is -0.512 e. The predicted molar refractivity (Wildman–Crippen MR) is 32.6 cm³/mol. The Bertz CT molecular complexity index is 59.5. The lowest BCUT2D eigenvalue weighted by Crippen LogP contribution is -1.84. The van der Waals surface area contributed by atoms with Gasteiger partial charge in [-0.3, -0.25) is 0 Å². The van der Waals surface area contributed by atoms with Gasteiger partial charge in [-0.2, -0.15) is 0 Å². The molecule has 48 valence electrons. The second-order valence-electron chi connectivity index (χ2n) is 1.51. The molecule has 0 aromatic rings. The highest BCUT2D eigenvalue weighted by Crippen LogP contribution is 1.86. The molecule has 0 radical (unpaired) electrons. The van der Waals surface area contributed by atoms with Gasteiger partial charge in [-0.25, -0.2) is 0 Å². The Labute approximate surface area is 49.8 Å². The number of unbranched alkanes of at least 4 members (excludes halogenated alkanes) is 1. The van der Waals surface area contributed by atoms with Crippen LogP contribution >= 0.6 is 0 Å². The molecule has 0 bridgehead atoms. The minimum atomic E-state index is 0.702. The van der Waals surface area contributed by atoms with Crippen molar-refractivity contribution in [2.75, 3.05) is 6.61 Å². The van der Waals surface area contributed by atoms with Crippen LogP contribution in [0.25, 0.3) is 0 Å². The third-order valence-corrected chi connectivity index (χ3v) is 0.773. The first-order valence-corrected chi connectivity index (χ1v) is 2.82. The Morgan fingerprint density at radius 1 is 1.62 bits per heavy atom. The van der Waals surface area contributed by atoms with E-state index in [0.717, 1.165) is 19.1 Å². The molecule has 0 aliphatic heterocycles. The first kappa shape index (κ1) is 7.34. The summed E-state index contributed by atoms with van der Waals surface area (Å²) in [5.74, 6) is 0. The summed E-state index contributed by atoms with van der Waals surface area (Å²) in [4.78, 5) is 0. The number of aliphatic hydroxyl groups excluding tert-OH is 1. The summed E-state index contributed by atoms with van der Waals surface area (Å²) in [5.41, 5.74) is 0. The van der Waals surface area contributed by atoms with Gasteiger partial charge in [-0.15, -0.1) is 0 Å². The summed E-state index contributed by atoms with van der Waals surface area (Å²) in [6.07, 6.45) is 4.36. The van der Waals surface area contributed by atoms with Gasteiger partial charge in [-0.05, 0) is 6.42 Å². The molecule has 0 rings (SSSR count). The Morgan fingerprint density at radius 3 is 2.88 bits per heavy atom. The summed E-state index contributed by atoms with van der Waals surface area (Å²) < 4.78 is 4.79. The average molecular weight is 116 g/mol. The van der Waals surface area contributed by atoms with Crippen molar-refractivity contribution >= 4 is 0 Å². The summed E-state index contributed by atoms with van der Waals surface area (Å²) in [6.45, 7) is 2.79. The Kier molecular flexibility index (Phi) is 5.82. The summed E-state index contributed by atoms with van der Waals surface area (Å²) in [7, 11) is 0. The van der Waals surface area contributed by atoms with Crippen molar-refractivity contribution in [2.45, 2.75) is 19.8 Å². The van der Waals surface area contributed by atoms with Gasteiger partial charge in [-0.1, -0.05) is 13.3 Å². The van der Waals surface area contributed by atoms with Crippen LogP contribution in [-0.4, -0.2) is 11.7 Å². The number of hydrogen-bond donors (Lipinski definition) is 1. The van der Waals surface area contributed by atoms with E-state index in [9.17, 15) is 0 Å². The molecule has 0 unspecified atom stereocenters. The highest BCUT2D eigenvalue weighted by atomic mass is 16.5. The Balaban J connectivity index is 2.72. The lowest BCUT2D eigenvalue weighted by molar-refractivity contribution is 0.233. The van der Waals surface area contributed by atoms with Gasteiger partial charge >= 0.3 is 0 Å². The number of rotatable bonds is 4. The van der Waals surface area contributed by atoms with Crippen LogP contribution in [0.2, 0.25) is 0 Å². The minimum absolute atomic E-state index is 0.702. The highest BCUT2D eigenvalue weighted by molar-refractivity contribution is 4.56. The molecule has 2 nitrogen and oxygen atoms in total. The molecule has 8 heavy (non-hydrogen) atoms. The molecular weight excluding hydrogens is 104 g/mol. The summed E-state index contributed by atoms with van der Waals surface area (Å²) in [6, 6.07) is 0. The molecule has 0 aliphatic carbocycles. The van der Waals surface area contributed by atoms with Crippen LogP contribution < -0.4 is 0 Å². The van der Waals surface area contributed by atoms with Crippen LogP contribution in [0.15, 0.2) is 12.5 Å². The highest BCUT2D eigenvalue weighted by Gasteiger charge is 1.77. The van der Waals surface area contributed by atoms with E-state index in [2.05, 4.69) is 6.92 Å². The fourth-order valence-corrected chi connectivity index (χ4v) is 0.339. The zero-order valence-corrected chi connectivity index (χ0v) is 5.13. The van der Waals surface area contributed by atoms with Crippen LogP contribution in [-0.2, 0) is 4.74 Å². The van der Waals surface area contributed by atoms with Crippen LogP contribution in [0.3, 0.4) is 0 Å². The van der Waals surface area contributed by atoms with Crippen LogP contribution in [0, 0.1) is 0 Å². The Hall–Kier alpha value is -0.660. The van der Waals surface area contributed by atoms with E-state index in [0.29, 0.717) is 6.61 Å². The van der Waals surface area contributed by atoms with Crippen molar-refractivity contribution in [1.82, 2.24) is 0 Å². The average Bonchev–Trinajstić information content (AvgIpc) is 1.81. The van der Waals surface area contributed by atoms with Gasteiger partial charge in [0, 0.05) is 0 Å². The first-order chi connectivity index (χ1) is 3.91. The van der Waals surface area contributed by atoms with Crippen molar-refractivity contribution in [3.8, 4) is 0 Å². The fourth-order valence-electron chi connectivity index (χ4n) is 0.339. The zero-order chi connectivity index (χ0) is 6.24. The van der Waals surface area contributed by atoms with E-state index < -0.39 is 0 Å². The molecule has 0 fully saturated rings. The number of ether oxygens (including phenoxy) is 1. The fraction of sp³-hybridized carbons (Fsp3) is 0.667. The zero-order valence-electron chi connectivity index (χ0n) is 5.13. The van der Waals surface area contributed by atoms with E-state index in [-0.39, 0.29) is 0 Å². The van der Waals surface area contributed by atoms with Crippen LogP contribution in [0.5, 0.6) is 0 Å². The third kappa shape index (κ3) is 5.34. The van der Waals surface area contributed by atoms with E-state index in [1.807, 2.05) is 0 Å². The molecule has 0 heterocycles. The van der Waals surface area contributed by atoms with Crippen molar-refractivity contribution < 1.29 is 9.84 Å². The lowest BCUT2D eigenvalue weighted by Gasteiger charge is -1.94. The summed E-state index contributed by atoms with van der Waals surface area (Å²) >= 11 is 0. The molecule has 0 aromatic carbocycles. The largest absolute Gasteiger partial charge is 0.512 e. The first-order valence-electron chi connectivity index (χ1n) is 2.82. The van der Waals surface area contributed by atoms with Crippen LogP contribution in [0.1, 0.15) is 19.8 Å². The maximum Gasteiger partial charge on any atom is 0.117 e. The van der Waals surface area contributed by atoms with E-state index in [1.165, 1.54) is 6.26 Å². The molecule has 2 heteroatoms. The van der Waals surface area contributed by atoms with Gasteiger partial charge < -0.3 is 9.84 Å². The lowest BCUT2D eigenvalue weighted by atomic mass is 10.4. The second kappa shape index (κ2) is 6.34. The van der Waals surface area contributed by atoms with Gasteiger partial charge in [0.1, 0.15) is 12.5 Å². The predicted octanol–water partition coefficient (Wildman–Crippen LogP) is 1.83. The van der Waals surface area contributed by atoms with Crippen LogP contribution in [0.4, 0.5) is 0 Å². The normalized spacial score (nSPS) is 10.1. The molecule has 0 amide bonds. The molecule has 0 saturated heterocycles. The molecular formula is C6H12O2. The molecule has 0 aromatic heterocycles. The van der Waals surface area contributed by atoms with Crippen molar-refractivity contribution in [3.63, 3.8) is 0 Å². The maximum absolute atomic E-state index is 8.06. The second-order valence-corrected chi connectivity index (χ2v) is 1.51. The molecule has 0 saturated carbocycles. The maximum atomic E-state index is 8.06. The topological polar surface area (TPSA) is 29.5 Å². The van der Waals surface area contributed by atoms with Gasteiger partial charge in [0.05, 0.1) is 6.61 Å². The monoisotopic (exact) mass is 116 g/mol. The van der Waals surface area contributed by atoms with Crippen molar-refractivity contribution in [3.05, 3.63) is 12.5 Å². The van der Waals surface area contributed by atoms with Gasteiger partial charge in [0.2, 0.25) is 0 Å². The Morgan fingerprint density at radius 2 is 2.38 bits per heavy atom. The van der Waals surface area contributed by atoms with E-state index in [4.69, 9.17) is 9.84 Å². The smallest absolute Gasteiger partial charge is 0.117 e. The molecule has 0 aliphatic rings. The van der Waals surface area contributed by atoms with Gasteiger partial charge in [0.15, 0.2) is 0 Å². The van der Waals surface area contributed by atoms with Gasteiger partial charge in [0.25, 0.3) is 0 Å². The number of hydrogen-bond acceptors (Lipinski definition) is 2.